The van der Waals surface area contributed by atoms with Gasteiger partial charge in [0.2, 0.25) is 0 Å². The van der Waals surface area contributed by atoms with Gasteiger partial charge in [-0.3, -0.25) is 9.97 Å². The van der Waals surface area contributed by atoms with Gasteiger partial charge in [0, 0.05) is 16.9 Å². The predicted molar refractivity (Wildman–Crippen MR) is 78.0 cm³/mol. The first-order chi connectivity index (χ1) is 9.22. The normalized spacial score (nSPS) is 12.2. The molecule has 0 fully saturated rings. The van der Waals surface area contributed by atoms with Crippen LogP contribution in [-0.4, -0.2) is 16.6 Å². The van der Waals surface area contributed by atoms with Crippen LogP contribution in [0.5, 0.6) is 5.75 Å². The van der Waals surface area contributed by atoms with Crippen molar-refractivity contribution in [2.75, 3.05) is 6.61 Å². The molecule has 0 aliphatic carbocycles. The fraction of sp³-hybridized carbons (Fsp3) is 0.286. The van der Waals surface area contributed by atoms with Crippen LogP contribution in [0, 0.1) is 0 Å². The summed E-state index contributed by atoms with van der Waals surface area (Å²) in [6.45, 7) is 2.74. The van der Waals surface area contributed by atoms with Gasteiger partial charge in [-0.15, -0.1) is 0 Å². The van der Waals surface area contributed by atoms with E-state index in [1.807, 2.05) is 18.2 Å². The highest BCUT2D eigenvalue weighted by Gasteiger charge is 2.14. The molecule has 0 bridgehead atoms. The zero-order valence-corrected chi connectivity index (χ0v) is 12.3. The maximum Gasteiger partial charge on any atom is 0.137 e. The van der Waals surface area contributed by atoms with Gasteiger partial charge in [0.15, 0.2) is 0 Å². The van der Waals surface area contributed by atoms with Crippen LogP contribution in [-0.2, 0) is 0 Å². The molecule has 0 spiro atoms. The molecule has 4 nitrogen and oxygen atoms in total. The highest BCUT2D eigenvalue weighted by molar-refractivity contribution is 9.10. The van der Waals surface area contributed by atoms with Gasteiger partial charge in [0.25, 0.3) is 0 Å². The van der Waals surface area contributed by atoms with E-state index in [1.54, 1.807) is 18.6 Å². The van der Waals surface area contributed by atoms with Crippen LogP contribution < -0.4 is 10.5 Å². The summed E-state index contributed by atoms with van der Waals surface area (Å²) in [5, 5.41) is 0. The molecule has 19 heavy (non-hydrogen) atoms. The maximum absolute atomic E-state index is 6.23. The van der Waals surface area contributed by atoms with E-state index >= 15 is 0 Å². The van der Waals surface area contributed by atoms with Gasteiger partial charge in [-0.05, 0) is 46.1 Å². The third kappa shape index (κ3) is 3.52. The Labute approximate surface area is 121 Å². The summed E-state index contributed by atoms with van der Waals surface area (Å²) in [5.41, 5.74) is 7.90. The second-order valence-electron chi connectivity index (χ2n) is 4.15. The van der Waals surface area contributed by atoms with E-state index in [-0.39, 0.29) is 6.04 Å². The summed E-state index contributed by atoms with van der Waals surface area (Å²) in [4.78, 5) is 8.47. The van der Waals surface area contributed by atoms with E-state index in [9.17, 15) is 0 Å². The number of hydrogen-bond acceptors (Lipinski definition) is 4. The van der Waals surface area contributed by atoms with Crippen molar-refractivity contribution in [3.63, 3.8) is 0 Å². The quantitative estimate of drug-likeness (QED) is 0.919. The second-order valence-corrected chi connectivity index (χ2v) is 5.00. The minimum Gasteiger partial charge on any atom is -0.492 e. The molecule has 0 amide bonds. The lowest BCUT2D eigenvalue weighted by molar-refractivity contribution is 0.315. The van der Waals surface area contributed by atoms with Crippen molar-refractivity contribution in [3.8, 4) is 5.75 Å². The maximum atomic E-state index is 6.23. The number of aromatic nitrogens is 2. The minimum atomic E-state index is -0.326. The lowest BCUT2D eigenvalue weighted by Gasteiger charge is -2.14. The summed E-state index contributed by atoms with van der Waals surface area (Å²) in [6.07, 6.45) is 6.12. The first-order valence-electron chi connectivity index (χ1n) is 6.16. The molecule has 2 N–H and O–H groups in total. The number of pyridine rings is 2. The van der Waals surface area contributed by atoms with Gasteiger partial charge in [0.05, 0.1) is 24.5 Å². The summed E-state index contributed by atoms with van der Waals surface area (Å²) in [6, 6.07) is 5.37. The zero-order valence-electron chi connectivity index (χ0n) is 10.7. The summed E-state index contributed by atoms with van der Waals surface area (Å²) < 4.78 is 6.45. The SMILES string of the molecule is CCCOc1cncc(C(N)c2ncccc2Br)c1. The van der Waals surface area contributed by atoms with Crippen LogP contribution in [0.4, 0.5) is 0 Å². The van der Waals surface area contributed by atoms with E-state index in [0.717, 1.165) is 27.9 Å². The standard InChI is InChI=1S/C14H16BrN3O/c1-2-6-19-11-7-10(8-17-9-11)13(16)14-12(15)4-3-5-18-14/h3-5,7-9,13H,2,6,16H2,1H3. The van der Waals surface area contributed by atoms with E-state index in [0.29, 0.717) is 6.61 Å². The highest BCUT2D eigenvalue weighted by Crippen LogP contribution is 2.26. The van der Waals surface area contributed by atoms with E-state index in [2.05, 4.69) is 32.8 Å². The van der Waals surface area contributed by atoms with Crippen LogP contribution in [0.25, 0.3) is 0 Å². The molecule has 2 heterocycles. The van der Waals surface area contributed by atoms with Crippen LogP contribution in [0.3, 0.4) is 0 Å². The van der Waals surface area contributed by atoms with Crippen molar-refractivity contribution in [1.29, 1.82) is 0 Å². The number of hydrogen-bond donors (Lipinski definition) is 1. The van der Waals surface area contributed by atoms with Gasteiger partial charge >= 0.3 is 0 Å². The Morgan fingerprint density at radius 1 is 1.42 bits per heavy atom. The molecule has 0 saturated heterocycles. The van der Waals surface area contributed by atoms with Gasteiger partial charge in [-0.25, -0.2) is 0 Å². The molecular weight excluding hydrogens is 306 g/mol. The van der Waals surface area contributed by atoms with E-state index in [1.165, 1.54) is 0 Å². The third-order valence-electron chi connectivity index (χ3n) is 2.65. The van der Waals surface area contributed by atoms with Crippen molar-refractivity contribution < 1.29 is 4.74 Å². The summed E-state index contributed by atoms with van der Waals surface area (Å²) >= 11 is 3.46. The van der Waals surface area contributed by atoms with Crippen molar-refractivity contribution in [2.24, 2.45) is 5.73 Å². The Morgan fingerprint density at radius 3 is 3.00 bits per heavy atom. The lowest BCUT2D eigenvalue weighted by Crippen LogP contribution is -2.14. The number of ether oxygens (including phenoxy) is 1. The topological polar surface area (TPSA) is 61.0 Å². The van der Waals surface area contributed by atoms with Crippen molar-refractivity contribution in [3.05, 3.63) is 52.5 Å². The minimum absolute atomic E-state index is 0.326. The van der Waals surface area contributed by atoms with Crippen LogP contribution in [0.2, 0.25) is 0 Å². The van der Waals surface area contributed by atoms with Gasteiger partial charge in [0.1, 0.15) is 5.75 Å². The fourth-order valence-corrected chi connectivity index (χ4v) is 2.19. The van der Waals surface area contributed by atoms with Crippen molar-refractivity contribution in [1.82, 2.24) is 9.97 Å². The van der Waals surface area contributed by atoms with Crippen molar-refractivity contribution >= 4 is 15.9 Å². The Bertz CT molecular complexity index is 548. The first kappa shape index (κ1) is 14.0. The lowest BCUT2D eigenvalue weighted by atomic mass is 10.1. The molecule has 1 unspecified atom stereocenters. The number of halogens is 1. The van der Waals surface area contributed by atoms with Crippen LogP contribution in [0.15, 0.2) is 41.3 Å². The molecule has 0 saturated carbocycles. The highest BCUT2D eigenvalue weighted by atomic mass is 79.9. The first-order valence-corrected chi connectivity index (χ1v) is 6.95. The van der Waals surface area contributed by atoms with Gasteiger partial charge < -0.3 is 10.5 Å². The molecule has 0 aromatic carbocycles. The molecule has 5 heteroatoms. The fourth-order valence-electron chi connectivity index (χ4n) is 1.69. The number of rotatable bonds is 5. The molecule has 1 atom stereocenters. The Balaban J connectivity index is 2.24. The monoisotopic (exact) mass is 321 g/mol. The Kier molecular flexibility index (Phi) is 4.87. The molecule has 2 rings (SSSR count). The van der Waals surface area contributed by atoms with Gasteiger partial charge in [-0.1, -0.05) is 6.92 Å². The van der Waals surface area contributed by atoms with Gasteiger partial charge in [-0.2, -0.15) is 0 Å². The summed E-state index contributed by atoms with van der Waals surface area (Å²) in [5.74, 6) is 0.738. The molecule has 0 radical (unpaired) electrons. The van der Waals surface area contributed by atoms with E-state index < -0.39 is 0 Å². The second kappa shape index (κ2) is 6.63. The van der Waals surface area contributed by atoms with Crippen LogP contribution in [0.1, 0.15) is 30.6 Å². The number of nitrogens with zero attached hydrogens (tertiary/aromatic N) is 2. The molecule has 2 aromatic heterocycles. The third-order valence-corrected chi connectivity index (χ3v) is 3.32. The zero-order chi connectivity index (χ0) is 13.7. The average Bonchev–Trinajstić information content (AvgIpc) is 2.45. The molecular formula is C14H16BrN3O. The average molecular weight is 322 g/mol. The van der Waals surface area contributed by atoms with E-state index in [4.69, 9.17) is 10.5 Å². The Hall–Kier alpha value is -1.46. The largest absolute Gasteiger partial charge is 0.492 e. The van der Waals surface area contributed by atoms with Crippen molar-refractivity contribution in [2.45, 2.75) is 19.4 Å². The smallest absolute Gasteiger partial charge is 0.137 e. The summed E-state index contributed by atoms with van der Waals surface area (Å²) in [7, 11) is 0. The Morgan fingerprint density at radius 2 is 2.26 bits per heavy atom. The predicted octanol–water partition coefficient (Wildman–Crippen LogP) is 3.08. The number of nitrogens with two attached hydrogens (primary N) is 1. The molecule has 2 aromatic rings. The molecule has 0 aliphatic rings. The van der Waals surface area contributed by atoms with Crippen LogP contribution >= 0.6 is 15.9 Å². The molecule has 100 valence electrons. The molecule has 0 aliphatic heterocycles.